The molecule has 0 heterocycles. The van der Waals surface area contributed by atoms with Gasteiger partial charge in [-0.3, -0.25) is 9.98 Å². The molecule has 2 atom stereocenters. The predicted molar refractivity (Wildman–Crippen MR) is 278 cm³/mol. The molecule has 0 aromatic heterocycles. The first-order chi connectivity index (χ1) is 32.5. The van der Waals surface area contributed by atoms with Crippen molar-refractivity contribution >= 4 is 55.5 Å². The van der Waals surface area contributed by atoms with E-state index in [0.29, 0.717) is 24.3 Å². The van der Waals surface area contributed by atoms with Crippen LogP contribution in [-0.4, -0.2) is 47.9 Å². The molecule has 9 rings (SSSR count). The molecule has 0 radical (unpaired) electrons. The maximum atomic E-state index is 12.4. The second kappa shape index (κ2) is 21.1. The minimum Gasteiger partial charge on any atom is -0.507 e. The fourth-order valence-electron chi connectivity index (χ4n) is 9.89. The quantitative estimate of drug-likeness (QED) is 0.0664. The first-order valence-electron chi connectivity index (χ1n) is 24.4. The average molecular weight is 875 g/mol. The van der Waals surface area contributed by atoms with Crippen LogP contribution >= 0.6 is 0 Å². The third-order valence-electron chi connectivity index (χ3n) is 13.4. The van der Waals surface area contributed by atoms with Gasteiger partial charge >= 0.3 is 0 Å². The summed E-state index contributed by atoms with van der Waals surface area (Å²) in [6, 6.07) is 45.4. The van der Waals surface area contributed by atoms with Crippen molar-refractivity contribution in [2.45, 2.75) is 103 Å². The van der Waals surface area contributed by atoms with Gasteiger partial charge in [0, 0.05) is 45.8 Å². The lowest BCUT2D eigenvalue weighted by molar-refractivity contribution is 0.306. The predicted octanol–water partition coefficient (Wildman–Crippen LogP) is 15.8. The van der Waals surface area contributed by atoms with E-state index < -0.39 is 0 Å². The number of rotatable bonds is 18. The molecule has 6 heteroatoms. The van der Waals surface area contributed by atoms with E-state index in [2.05, 4.69) is 111 Å². The highest BCUT2D eigenvalue weighted by Gasteiger charge is 2.26. The minimum absolute atomic E-state index is 0.100. The van der Waals surface area contributed by atoms with Gasteiger partial charge in [0.1, 0.15) is 23.0 Å². The van der Waals surface area contributed by atoms with Crippen molar-refractivity contribution in [2.24, 2.45) is 9.98 Å². The fraction of sp³-hybridized carbons (Fsp3) is 0.300. The molecule has 66 heavy (non-hydrogen) atoms. The van der Waals surface area contributed by atoms with Crippen LogP contribution in [-0.2, 0) is 0 Å². The highest BCUT2D eigenvalue weighted by Crippen LogP contribution is 2.48. The zero-order chi connectivity index (χ0) is 45.2. The van der Waals surface area contributed by atoms with Gasteiger partial charge in [-0.25, -0.2) is 0 Å². The van der Waals surface area contributed by atoms with E-state index in [4.69, 9.17) is 19.5 Å². The largest absolute Gasteiger partial charge is 0.507 e. The fourth-order valence-corrected chi connectivity index (χ4v) is 9.89. The first kappa shape index (κ1) is 44.5. The number of hydrogen-bond donors (Lipinski definition) is 2. The smallest absolute Gasteiger partial charge is 0.132 e. The van der Waals surface area contributed by atoms with E-state index >= 15 is 0 Å². The number of aromatic hydroxyl groups is 2. The number of hydrogen-bond acceptors (Lipinski definition) is 6. The van der Waals surface area contributed by atoms with Crippen LogP contribution < -0.4 is 9.47 Å². The van der Waals surface area contributed by atoms with Gasteiger partial charge in [0.2, 0.25) is 0 Å². The van der Waals surface area contributed by atoms with E-state index in [1.54, 1.807) is 0 Å². The van der Waals surface area contributed by atoms with Crippen LogP contribution in [0.25, 0.3) is 65.3 Å². The van der Waals surface area contributed by atoms with Crippen molar-refractivity contribution in [1.29, 1.82) is 0 Å². The molecular formula is C60H62N2O4. The summed E-state index contributed by atoms with van der Waals surface area (Å²) in [6.07, 6.45) is 16.5. The van der Waals surface area contributed by atoms with E-state index in [-0.39, 0.29) is 23.6 Å². The molecule has 0 bridgehead atoms. The zero-order valence-electron chi connectivity index (χ0n) is 38.5. The molecule has 8 aromatic carbocycles. The number of phenolic OH excluding ortho intramolecular Hbond substituents is 2. The molecule has 1 fully saturated rings. The molecule has 0 amide bonds. The summed E-state index contributed by atoms with van der Waals surface area (Å²) in [6.45, 7) is 5.67. The number of nitrogens with zero attached hydrogens (tertiary/aromatic N) is 2. The van der Waals surface area contributed by atoms with E-state index in [1.807, 2.05) is 48.8 Å². The maximum absolute atomic E-state index is 12.4. The summed E-state index contributed by atoms with van der Waals surface area (Å²) in [5.41, 5.74) is 4.63. The van der Waals surface area contributed by atoms with Gasteiger partial charge in [-0.05, 0) is 93.0 Å². The minimum atomic E-state index is -0.100. The van der Waals surface area contributed by atoms with Crippen LogP contribution in [0.1, 0.15) is 102 Å². The Morgan fingerprint density at radius 1 is 0.455 bits per heavy atom. The Labute approximate surface area is 389 Å². The zero-order valence-corrected chi connectivity index (χ0v) is 38.5. The van der Waals surface area contributed by atoms with Gasteiger partial charge in [0.25, 0.3) is 0 Å². The van der Waals surface area contributed by atoms with Crippen molar-refractivity contribution in [3.05, 3.63) is 145 Å². The van der Waals surface area contributed by atoms with Crippen molar-refractivity contribution in [1.82, 2.24) is 0 Å². The molecule has 2 N–H and O–H groups in total. The Hall–Kier alpha value is -6.66. The summed E-state index contributed by atoms with van der Waals surface area (Å²) in [4.78, 5) is 10.5. The third-order valence-corrected chi connectivity index (χ3v) is 13.4. The van der Waals surface area contributed by atoms with Gasteiger partial charge < -0.3 is 19.7 Å². The SMILES string of the molecule is CCCCCCOc1ccc2ccccc2c1-c1c(O)c(C=N[C@@H]2CCCC[C@H]2N=Cc2cc3ccccc3c(-c3c(OCCCCCC)ccc4ccccc34)c2O)cc2ccccc12. The number of benzene rings is 8. The monoisotopic (exact) mass is 874 g/mol. The normalized spacial score (nSPS) is 15.5. The summed E-state index contributed by atoms with van der Waals surface area (Å²) < 4.78 is 13.1. The van der Waals surface area contributed by atoms with Crippen LogP contribution in [0, 0.1) is 0 Å². The molecule has 6 nitrogen and oxygen atoms in total. The summed E-state index contributed by atoms with van der Waals surface area (Å²) in [5.74, 6) is 1.92. The third kappa shape index (κ3) is 9.51. The summed E-state index contributed by atoms with van der Waals surface area (Å²) in [7, 11) is 0. The molecule has 0 unspecified atom stereocenters. The molecule has 336 valence electrons. The van der Waals surface area contributed by atoms with Gasteiger partial charge in [-0.1, -0.05) is 174 Å². The number of aliphatic imine (C=N–C) groups is 2. The lowest BCUT2D eigenvalue weighted by Gasteiger charge is -2.26. The number of ether oxygens (including phenoxy) is 2. The maximum Gasteiger partial charge on any atom is 0.132 e. The highest BCUT2D eigenvalue weighted by atomic mass is 16.5. The Morgan fingerprint density at radius 2 is 0.833 bits per heavy atom. The van der Waals surface area contributed by atoms with Gasteiger partial charge in [0.05, 0.1) is 25.3 Å². The number of phenols is 2. The van der Waals surface area contributed by atoms with E-state index in [9.17, 15) is 10.2 Å². The number of unbranched alkanes of at least 4 members (excludes halogenated alkanes) is 6. The van der Waals surface area contributed by atoms with E-state index in [0.717, 1.165) is 128 Å². The summed E-state index contributed by atoms with van der Waals surface area (Å²) >= 11 is 0. The molecule has 0 aliphatic heterocycles. The Bertz CT molecular complexity index is 2820. The van der Waals surface area contributed by atoms with Gasteiger partial charge in [-0.2, -0.15) is 0 Å². The molecule has 0 spiro atoms. The number of fused-ring (bicyclic) bond motifs is 4. The molecule has 1 aliphatic carbocycles. The molecule has 1 saturated carbocycles. The van der Waals surface area contributed by atoms with Crippen LogP contribution in [0.2, 0.25) is 0 Å². The Balaban J connectivity index is 1.07. The van der Waals surface area contributed by atoms with Gasteiger partial charge in [0.15, 0.2) is 0 Å². The second-order valence-corrected chi connectivity index (χ2v) is 17.9. The lowest BCUT2D eigenvalue weighted by atomic mass is 9.89. The second-order valence-electron chi connectivity index (χ2n) is 17.9. The molecule has 8 aromatic rings. The average Bonchev–Trinajstić information content (AvgIpc) is 3.35. The van der Waals surface area contributed by atoms with Crippen molar-refractivity contribution in [3.8, 4) is 45.3 Å². The van der Waals surface area contributed by atoms with Crippen LogP contribution in [0.3, 0.4) is 0 Å². The summed E-state index contributed by atoms with van der Waals surface area (Å²) in [5, 5.41) is 33.0. The molecular weight excluding hydrogens is 813 g/mol. The van der Waals surface area contributed by atoms with Gasteiger partial charge in [-0.15, -0.1) is 0 Å². The lowest BCUT2D eigenvalue weighted by Crippen LogP contribution is -2.27. The molecule has 0 saturated heterocycles. The first-order valence-corrected chi connectivity index (χ1v) is 24.4. The standard InChI is InChI=1S/C60H62N2O4/c1-3-5-7-19-35-65-53-33-31-41-21-9-13-25-47(41)55(53)57-49-27-15-11-23-43(49)37-45(59(57)63)39-61-51-29-17-18-30-52(51)62-40-46-38-44-24-12-16-28-50(44)58(60(46)64)56-48-26-14-10-22-42(48)32-34-54(56)66-36-20-8-6-4-2/h9-16,21-28,31-34,37-40,51-52,63-64H,3-8,17-20,29-30,35-36H2,1-2H3/t51-,52-/m1/s1. The molecule has 1 aliphatic rings. The Kier molecular flexibility index (Phi) is 14.2. The van der Waals surface area contributed by atoms with Crippen molar-refractivity contribution in [3.63, 3.8) is 0 Å². The Morgan fingerprint density at radius 3 is 1.24 bits per heavy atom. The highest BCUT2D eigenvalue weighted by molar-refractivity contribution is 6.14. The van der Waals surface area contributed by atoms with Crippen LogP contribution in [0.4, 0.5) is 0 Å². The topological polar surface area (TPSA) is 83.6 Å². The van der Waals surface area contributed by atoms with Crippen molar-refractivity contribution < 1.29 is 19.7 Å². The van der Waals surface area contributed by atoms with E-state index in [1.165, 1.54) is 25.7 Å². The van der Waals surface area contributed by atoms with Crippen molar-refractivity contribution in [2.75, 3.05) is 13.2 Å². The van der Waals surface area contributed by atoms with Crippen LogP contribution in [0.15, 0.2) is 143 Å². The van der Waals surface area contributed by atoms with Crippen LogP contribution in [0.5, 0.6) is 23.0 Å².